The fourth-order valence-corrected chi connectivity index (χ4v) is 6.52. The van der Waals surface area contributed by atoms with Crippen LogP contribution in [-0.4, -0.2) is 43.9 Å². The minimum absolute atomic E-state index is 0.173. The van der Waals surface area contributed by atoms with Gasteiger partial charge in [0.2, 0.25) is 10.0 Å². The van der Waals surface area contributed by atoms with Crippen LogP contribution >= 0.6 is 35.0 Å². The number of thiophene rings is 1. The first-order valence-corrected chi connectivity index (χ1v) is 11.6. The summed E-state index contributed by atoms with van der Waals surface area (Å²) in [6.07, 6.45) is 1.15. The van der Waals surface area contributed by atoms with E-state index in [4.69, 9.17) is 5.14 Å². The second-order valence-corrected chi connectivity index (χ2v) is 10.6. The minimum Gasteiger partial charge on any atom is -0.309 e. The third-order valence-corrected chi connectivity index (χ3v) is 8.12. The van der Waals surface area contributed by atoms with E-state index in [2.05, 4.69) is 23.5 Å². The molecule has 0 saturated heterocycles. The number of primary sulfonamides is 1. The van der Waals surface area contributed by atoms with Crippen LogP contribution in [0.5, 0.6) is 0 Å². The van der Waals surface area contributed by atoms with Crippen LogP contribution in [0, 0.1) is 0 Å². The van der Waals surface area contributed by atoms with Crippen molar-refractivity contribution in [3.8, 4) is 0 Å². The molecule has 1 aliphatic rings. The lowest BCUT2D eigenvalue weighted by Gasteiger charge is -2.31. The monoisotopic (exact) mass is 381 g/mol. The maximum absolute atomic E-state index is 11.6. The first kappa shape index (κ1) is 18.6. The summed E-state index contributed by atoms with van der Waals surface area (Å²) < 4.78 is 26.8. The summed E-state index contributed by atoms with van der Waals surface area (Å²) in [7, 11) is -3.62. The Labute approximate surface area is 145 Å². The van der Waals surface area contributed by atoms with Gasteiger partial charge in [0.25, 0.3) is 0 Å². The lowest BCUT2D eigenvalue weighted by atomic mass is 10.1. The summed E-state index contributed by atoms with van der Waals surface area (Å²) in [6.45, 7) is 7.00. The molecular formula is C13H23N3O2S4. The maximum atomic E-state index is 11.6. The van der Waals surface area contributed by atoms with Crippen LogP contribution in [-0.2, 0) is 10.0 Å². The maximum Gasteiger partial charge on any atom is 0.247 e. The van der Waals surface area contributed by atoms with E-state index < -0.39 is 10.0 Å². The Hall–Kier alpha value is 0.230. The van der Waals surface area contributed by atoms with Gasteiger partial charge in [0.1, 0.15) is 4.21 Å². The fraction of sp³-hybridized carbons (Fsp3) is 0.692. The second-order valence-electron chi connectivity index (χ2n) is 4.99. The average molecular weight is 382 g/mol. The van der Waals surface area contributed by atoms with Gasteiger partial charge in [0.15, 0.2) is 0 Å². The van der Waals surface area contributed by atoms with Gasteiger partial charge in [-0.15, -0.1) is 11.3 Å². The van der Waals surface area contributed by atoms with Crippen molar-refractivity contribution < 1.29 is 8.42 Å². The first-order valence-electron chi connectivity index (χ1n) is 7.36. The number of sulfonamides is 1. The molecule has 2 heterocycles. The fourth-order valence-electron chi connectivity index (χ4n) is 2.32. The molecule has 0 fully saturated rings. The number of hydrogen-bond acceptors (Lipinski definition) is 7. The van der Waals surface area contributed by atoms with E-state index in [1.807, 2.05) is 11.8 Å². The van der Waals surface area contributed by atoms with Gasteiger partial charge in [0.05, 0.1) is 4.21 Å². The zero-order valence-corrected chi connectivity index (χ0v) is 16.1. The molecular weight excluding hydrogens is 358 g/mol. The molecule has 1 aromatic heterocycles. The molecule has 3 N–H and O–H groups in total. The van der Waals surface area contributed by atoms with E-state index >= 15 is 0 Å². The van der Waals surface area contributed by atoms with Gasteiger partial charge in [0, 0.05) is 19.1 Å². The Morgan fingerprint density at radius 2 is 2.27 bits per heavy atom. The van der Waals surface area contributed by atoms with E-state index in [0.717, 1.165) is 41.6 Å². The van der Waals surface area contributed by atoms with E-state index in [1.165, 1.54) is 17.1 Å². The van der Waals surface area contributed by atoms with Crippen molar-refractivity contribution in [3.63, 3.8) is 0 Å². The predicted molar refractivity (Wildman–Crippen MR) is 97.2 cm³/mol. The number of likely N-dealkylation sites (N-methyl/N-ethyl adjacent to an activating group) is 1. The molecule has 5 nitrogen and oxygen atoms in total. The minimum atomic E-state index is -3.62. The summed E-state index contributed by atoms with van der Waals surface area (Å²) in [5.74, 6) is 2.32. The Kier molecular flexibility index (Phi) is 7.06. The van der Waals surface area contributed by atoms with Crippen LogP contribution in [0.15, 0.2) is 14.5 Å². The summed E-state index contributed by atoms with van der Waals surface area (Å²) in [6, 6.07) is 1.91. The highest BCUT2D eigenvalue weighted by Crippen LogP contribution is 2.43. The molecule has 1 unspecified atom stereocenters. The molecule has 0 aliphatic carbocycles. The van der Waals surface area contributed by atoms with E-state index in [-0.39, 0.29) is 10.3 Å². The number of rotatable bonds is 8. The molecule has 22 heavy (non-hydrogen) atoms. The lowest BCUT2D eigenvalue weighted by Crippen LogP contribution is -2.35. The van der Waals surface area contributed by atoms with Crippen LogP contribution in [0.1, 0.15) is 31.9 Å². The van der Waals surface area contributed by atoms with Crippen LogP contribution in [0.25, 0.3) is 0 Å². The van der Waals surface area contributed by atoms with Gasteiger partial charge in [-0.05, 0) is 48.0 Å². The van der Waals surface area contributed by atoms with Crippen molar-refractivity contribution in [2.24, 2.45) is 5.14 Å². The van der Waals surface area contributed by atoms with E-state index in [1.54, 1.807) is 18.0 Å². The third-order valence-electron chi connectivity index (χ3n) is 3.31. The summed E-state index contributed by atoms with van der Waals surface area (Å²) >= 11 is 4.90. The summed E-state index contributed by atoms with van der Waals surface area (Å²) in [5, 5.41) is 8.72. The number of nitrogens with two attached hydrogens (primary N) is 1. The van der Waals surface area contributed by atoms with Gasteiger partial charge in [-0.1, -0.05) is 13.8 Å². The molecule has 0 spiro atoms. The smallest absolute Gasteiger partial charge is 0.247 e. The molecule has 126 valence electrons. The van der Waals surface area contributed by atoms with Crippen molar-refractivity contribution in [2.75, 3.05) is 31.1 Å². The summed E-state index contributed by atoms with van der Waals surface area (Å²) in [4.78, 5) is 0. The lowest BCUT2D eigenvalue weighted by molar-refractivity contribution is 0.381. The number of nitrogens with zero attached hydrogens (tertiary/aromatic N) is 1. The predicted octanol–water partition coefficient (Wildman–Crippen LogP) is 2.51. The molecule has 1 aliphatic heterocycles. The average Bonchev–Trinajstić information content (AvgIpc) is 2.88. The zero-order valence-electron chi connectivity index (χ0n) is 12.9. The molecule has 1 aromatic rings. The Bertz CT molecular complexity index is 588. The van der Waals surface area contributed by atoms with Gasteiger partial charge in [-0.2, -0.15) is 11.8 Å². The van der Waals surface area contributed by atoms with E-state index in [0.29, 0.717) is 0 Å². The third kappa shape index (κ3) is 4.86. The highest BCUT2D eigenvalue weighted by atomic mass is 32.3. The standard InChI is InChI=1S/C13H23N3O2S4/c1-3-15-11-9-16(6-5-7-19-4-2)21-13-10(11)8-12(20-13)22(14,17)18/h8,11,15H,3-7,9H2,1-2H3,(H2,14,17,18). The van der Waals surface area contributed by atoms with Crippen LogP contribution in [0.4, 0.5) is 0 Å². The van der Waals surface area contributed by atoms with Gasteiger partial charge in [-0.3, -0.25) is 0 Å². The quantitative estimate of drug-likeness (QED) is 0.532. The molecule has 0 bridgehead atoms. The molecule has 0 aromatic carbocycles. The molecule has 1 atom stereocenters. The highest BCUT2D eigenvalue weighted by Gasteiger charge is 2.29. The van der Waals surface area contributed by atoms with E-state index in [9.17, 15) is 8.42 Å². The molecule has 9 heteroatoms. The van der Waals surface area contributed by atoms with Crippen molar-refractivity contribution >= 4 is 45.1 Å². The summed E-state index contributed by atoms with van der Waals surface area (Å²) in [5.41, 5.74) is 1.07. The Morgan fingerprint density at radius 3 is 2.91 bits per heavy atom. The van der Waals surface area contributed by atoms with Crippen molar-refractivity contribution in [3.05, 3.63) is 11.6 Å². The first-order chi connectivity index (χ1) is 10.5. The van der Waals surface area contributed by atoms with Crippen molar-refractivity contribution in [1.82, 2.24) is 9.62 Å². The number of fused-ring (bicyclic) bond motifs is 1. The SMILES string of the molecule is CCNC1CN(CCCSCC)Sc2sc(S(N)(=O)=O)cc21. The topological polar surface area (TPSA) is 75.4 Å². The zero-order chi connectivity index (χ0) is 16.2. The number of thioether (sulfide) groups is 1. The Morgan fingerprint density at radius 1 is 1.50 bits per heavy atom. The van der Waals surface area contributed by atoms with Gasteiger partial charge < -0.3 is 5.32 Å². The Balaban J connectivity index is 2.11. The number of hydrogen-bond donors (Lipinski definition) is 2. The van der Waals surface area contributed by atoms with Gasteiger partial charge >= 0.3 is 0 Å². The second kappa shape index (κ2) is 8.36. The molecule has 0 saturated carbocycles. The normalized spacial score (nSPS) is 19.3. The highest BCUT2D eigenvalue weighted by molar-refractivity contribution is 7.99. The molecule has 0 radical (unpaired) electrons. The molecule has 2 rings (SSSR count). The van der Waals surface area contributed by atoms with Crippen LogP contribution in [0.2, 0.25) is 0 Å². The van der Waals surface area contributed by atoms with Crippen LogP contribution < -0.4 is 10.5 Å². The van der Waals surface area contributed by atoms with Crippen molar-refractivity contribution in [1.29, 1.82) is 0 Å². The van der Waals surface area contributed by atoms with Crippen LogP contribution in [0.3, 0.4) is 0 Å². The molecule has 0 amide bonds. The largest absolute Gasteiger partial charge is 0.309 e. The van der Waals surface area contributed by atoms with Gasteiger partial charge in [-0.25, -0.2) is 17.9 Å². The number of nitrogens with one attached hydrogen (secondary N) is 1. The van der Waals surface area contributed by atoms with Crippen molar-refractivity contribution in [2.45, 2.75) is 34.7 Å².